The normalized spacial score (nSPS) is 11.1. The van der Waals surface area contributed by atoms with E-state index in [4.69, 9.17) is 14.6 Å². The van der Waals surface area contributed by atoms with Gasteiger partial charge in [0.1, 0.15) is 16.9 Å². The summed E-state index contributed by atoms with van der Waals surface area (Å²) in [6.45, 7) is 2.63. The third-order valence-corrected chi connectivity index (χ3v) is 7.38. The minimum atomic E-state index is -5.08. The van der Waals surface area contributed by atoms with E-state index in [2.05, 4.69) is 10.3 Å². The van der Waals surface area contributed by atoms with Gasteiger partial charge in [0.2, 0.25) is 0 Å². The number of carboxylic acid groups (broad SMARTS) is 1. The maximum Gasteiger partial charge on any atom is 0.490 e. The number of carbonyl (C=O) groups excluding carboxylic acids is 1. The molecule has 0 bridgehead atoms. The molecule has 0 spiro atoms. The molecule has 5 aromatic rings. The number of rotatable bonds is 6. The fourth-order valence-corrected chi connectivity index (χ4v) is 5.21. The van der Waals surface area contributed by atoms with Crippen LogP contribution in [0.3, 0.4) is 0 Å². The maximum absolute atomic E-state index is 13.4. The van der Waals surface area contributed by atoms with Crippen molar-refractivity contribution in [2.24, 2.45) is 7.05 Å². The summed E-state index contributed by atoms with van der Waals surface area (Å²) in [7, 11) is 1.74. The number of amides is 1. The number of aryl methyl sites for hydroxylation is 2. The van der Waals surface area contributed by atoms with Crippen molar-refractivity contribution in [3.8, 4) is 5.75 Å². The van der Waals surface area contributed by atoms with Crippen LogP contribution in [0, 0.1) is 6.92 Å². The highest BCUT2D eigenvalue weighted by molar-refractivity contribution is 7.22. The zero-order chi connectivity index (χ0) is 29.7. The summed E-state index contributed by atoms with van der Waals surface area (Å²) in [5, 5.41) is 11.5. The highest BCUT2D eigenvalue weighted by Gasteiger charge is 2.38. The summed E-state index contributed by atoms with van der Waals surface area (Å²) < 4.78 is 40.3. The summed E-state index contributed by atoms with van der Waals surface area (Å²) in [4.78, 5) is 40.1. The Hall–Kier alpha value is -4.71. The molecule has 8 nitrogen and oxygen atoms in total. The van der Waals surface area contributed by atoms with Crippen LogP contribution in [0.25, 0.3) is 21.0 Å². The van der Waals surface area contributed by atoms with Crippen molar-refractivity contribution in [2.45, 2.75) is 26.3 Å². The molecule has 212 valence electrons. The second-order valence-corrected chi connectivity index (χ2v) is 9.92. The first-order valence-corrected chi connectivity index (χ1v) is 13.0. The lowest BCUT2D eigenvalue weighted by Gasteiger charge is -2.10. The molecule has 1 amide bonds. The Morgan fingerprint density at radius 1 is 1.05 bits per heavy atom. The molecule has 0 atom stereocenters. The van der Waals surface area contributed by atoms with Crippen LogP contribution in [0.4, 0.5) is 13.2 Å². The van der Waals surface area contributed by atoms with E-state index in [-0.39, 0.29) is 18.1 Å². The minimum Gasteiger partial charge on any atom is -0.486 e. The summed E-state index contributed by atoms with van der Waals surface area (Å²) in [6, 6.07) is 19.3. The number of aromatic nitrogens is 2. The van der Waals surface area contributed by atoms with Gasteiger partial charge in [-0.15, -0.1) is 11.3 Å². The number of nitrogens with one attached hydrogen (secondary N) is 1. The van der Waals surface area contributed by atoms with Gasteiger partial charge in [0.05, 0.1) is 10.2 Å². The van der Waals surface area contributed by atoms with Crippen molar-refractivity contribution in [3.05, 3.63) is 105 Å². The molecule has 5 rings (SSSR count). The lowest BCUT2D eigenvalue weighted by molar-refractivity contribution is -0.192. The molecule has 0 fully saturated rings. The lowest BCUT2D eigenvalue weighted by Crippen LogP contribution is -2.23. The van der Waals surface area contributed by atoms with Crippen LogP contribution in [0.1, 0.15) is 26.4 Å². The van der Waals surface area contributed by atoms with Crippen LogP contribution in [0.15, 0.2) is 77.9 Å². The van der Waals surface area contributed by atoms with Gasteiger partial charge in [-0.3, -0.25) is 14.6 Å². The molecule has 0 unspecified atom stereocenters. The van der Waals surface area contributed by atoms with Crippen molar-refractivity contribution in [2.75, 3.05) is 0 Å². The summed E-state index contributed by atoms with van der Waals surface area (Å²) >= 11 is 1.30. The summed E-state index contributed by atoms with van der Waals surface area (Å²) in [6.07, 6.45) is -1.71. The van der Waals surface area contributed by atoms with Crippen LogP contribution in [0.5, 0.6) is 5.75 Å². The molecule has 12 heteroatoms. The molecule has 3 heterocycles. The molecular weight excluding hydrogens is 559 g/mol. The van der Waals surface area contributed by atoms with Gasteiger partial charge in [-0.05, 0) is 41.8 Å². The first-order valence-electron chi connectivity index (χ1n) is 12.2. The standard InChI is InChI=1S/C27H23N3O3S.C2HF3O2/c1-17-7-3-4-8-19(17)15-29-26(31)25-23(33-16-18-11-13-28-14-12-18)22-24(34-25)20-9-5-6-10-21(20)30(2)27(22)32;3-2(4,5)1(6)7/h3-14H,15-16H2,1-2H3,(H,29,31);(H,6,7). The number of fused-ring (bicyclic) bond motifs is 3. The third kappa shape index (κ3) is 6.55. The number of benzene rings is 2. The van der Waals surface area contributed by atoms with Crippen molar-refractivity contribution in [1.82, 2.24) is 14.9 Å². The number of halogens is 3. The summed E-state index contributed by atoms with van der Waals surface area (Å²) in [5.74, 6) is -2.70. The van der Waals surface area contributed by atoms with Gasteiger partial charge in [0.25, 0.3) is 11.5 Å². The zero-order valence-electron chi connectivity index (χ0n) is 21.9. The van der Waals surface area contributed by atoms with Gasteiger partial charge < -0.3 is 19.7 Å². The number of pyridine rings is 2. The topological polar surface area (TPSA) is 111 Å². The van der Waals surface area contributed by atoms with Crippen molar-refractivity contribution in [1.29, 1.82) is 0 Å². The molecule has 3 aromatic heterocycles. The van der Waals surface area contributed by atoms with E-state index in [1.54, 1.807) is 24.0 Å². The minimum absolute atomic E-state index is 0.187. The van der Waals surface area contributed by atoms with Gasteiger partial charge in [-0.25, -0.2) is 4.79 Å². The number of thiophene rings is 1. The van der Waals surface area contributed by atoms with Crippen molar-refractivity contribution in [3.63, 3.8) is 0 Å². The van der Waals surface area contributed by atoms with E-state index in [0.717, 1.165) is 32.3 Å². The molecule has 0 aliphatic rings. The SMILES string of the molecule is Cc1ccccc1CNC(=O)c1sc2c(c1OCc1ccncc1)c(=O)n(C)c1ccccc21.O=C(O)C(F)(F)F. The fraction of sp³-hybridized carbons (Fsp3) is 0.172. The Morgan fingerprint density at radius 3 is 2.34 bits per heavy atom. The van der Waals surface area contributed by atoms with Gasteiger partial charge in [0, 0.05) is 31.4 Å². The fourth-order valence-electron chi connectivity index (χ4n) is 4.02. The van der Waals surface area contributed by atoms with Crippen molar-refractivity contribution < 1.29 is 32.6 Å². The van der Waals surface area contributed by atoms with E-state index in [9.17, 15) is 22.8 Å². The quantitative estimate of drug-likeness (QED) is 0.269. The van der Waals surface area contributed by atoms with E-state index >= 15 is 0 Å². The number of hydrogen-bond donors (Lipinski definition) is 2. The molecule has 2 N–H and O–H groups in total. The number of alkyl halides is 3. The highest BCUT2D eigenvalue weighted by atomic mass is 32.1. The second-order valence-electron chi connectivity index (χ2n) is 8.90. The predicted molar refractivity (Wildman–Crippen MR) is 149 cm³/mol. The molecule has 41 heavy (non-hydrogen) atoms. The Morgan fingerprint density at radius 2 is 1.68 bits per heavy atom. The smallest absolute Gasteiger partial charge is 0.486 e. The molecule has 0 aliphatic heterocycles. The van der Waals surface area contributed by atoms with Crippen LogP contribution < -0.4 is 15.6 Å². The van der Waals surface area contributed by atoms with Crippen molar-refractivity contribution >= 4 is 44.2 Å². The zero-order valence-corrected chi connectivity index (χ0v) is 22.7. The number of aliphatic carboxylic acids is 1. The van der Waals surface area contributed by atoms with Crippen LogP contribution in [-0.2, 0) is 25.0 Å². The Bertz CT molecular complexity index is 1780. The Kier molecular flexibility index (Phi) is 8.72. The van der Waals surface area contributed by atoms with Gasteiger partial charge >= 0.3 is 12.1 Å². The van der Waals surface area contributed by atoms with E-state index in [1.165, 1.54) is 11.3 Å². The number of ether oxygens (including phenoxy) is 1. The van der Waals surface area contributed by atoms with Gasteiger partial charge in [0.15, 0.2) is 5.75 Å². The van der Waals surface area contributed by atoms with E-state index < -0.39 is 12.1 Å². The van der Waals surface area contributed by atoms with E-state index in [1.807, 2.05) is 67.6 Å². The Labute approximate surface area is 235 Å². The largest absolute Gasteiger partial charge is 0.490 e. The second kappa shape index (κ2) is 12.2. The third-order valence-electron chi connectivity index (χ3n) is 6.17. The van der Waals surface area contributed by atoms with E-state index in [0.29, 0.717) is 22.6 Å². The van der Waals surface area contributed by atoms with Gasteiger partial charge in [-0.2, -0.15) is 13.2 Å². The molecule has 2 aromatic carbocycles. The monoisotopic (exact) mass is 583 g/mol. The molecule has 0 saturated heterocycles. The molecule has 0 saturated carbocycles. The van der Waals surface area contributed by atoms with Gasteiger partial charge in [-0.1, -0.05) is 42.5 Å². The number of carboxylic acids is 1. The summed E-state index contributed by atoms with van der Waals surface area (Å²) in [5.41, 5.74) is 3.67. The first-order chi connectivity index (χ1) is 19.5. The average molecular weight is 584 g/mol. The highest BCUT2D eigenvalue weighted by Crippen LogP contribution is 2.40. The molecular formula is C29H24F3N3O5S. The molecule has 0 radical (unpaired) electrons. The number of nitrogens with zero attached hydrogens (tertiary/aromatic N) is 2. The lowest BCUT2D eigenvalue weighted by atomic mass is 10.1. The maximum atomic E-state index is 13.4. The Balaban J connectivity index is 0.000000493. The van der Waals surface area contributed by atoms with Crippen LogP contribution in [0.2, 0.25) is 0 Å². The van der Waals surface area contributed by atoms with Crippen LogP contribution in [-0.4, -0.2) is 32.7 Å². The first kappa shape index (κ1) is 29.3. The average Bonchev–Trinajstić information content (AvgIpc) is 3.34. The number of carbonyl (C=O) groups is 2. The molecule has 0 aliphatic carbocycles. The number of para-hydroxylation sites is 1. The van der Waals surface area contributed by atoms with Crippen LogP contribution >= 0.6 is 11.3 Å². The number of hydrogen-bond acceptors (Lipinski definition) is 6. The predicted octanol–water partition coefficient (Wildman–Crippen LogP) is 5.60.